The third-order valence-corrected chi connectivity index (χ3v) is 4.74. The number of methoxy groups -OCH3 is 1. The summed E-state index contributed by atoms with van der Waals surface area (Å²) in [7, 11) is 1.65. The predicted octanol–water partition coefficient (Wildman–Crippen LogP) is 4.26. The minimum Gasteiger partial charge on any atom is -0.497 e. The Bertz CT molecular complexity index is 604. The summed E-state index contributed by atoms with van der Waals surface area (Å²) in [6.07, 6.45) is 0. The summed E-state index contributed by atoms with van der Waals surface area (Å²) in [6, 6.07) is 5.56. The van der Waals surface area contributed by atoms with Crippen LogP contribution in [0, 0.1) is 0 Å². The van der Waals surface area contributed by atoms with Crippen LogP contribution in [0.3, 0.4) is 0 Å². The largest absolute Gasteiger partial charge is 0.497 e. The molecule has 2 aromatic rings. The van der Waals surface area contributed by atoms with E-state index >= 15 is 0 Å². The fraction of sp³-hybridized carbons (Fsp3) is 0.400. The van der Waals surface area contributed by atoms with Crippen LogP contribution in [0.1, 0.15) is 43.1 Å². The van der Waals surface area contributed by atoms with Crippen LogP contribution in [-0.4, -0.2) is 12.1 Å². The molecule has 0 amide bonds. The van der Waals surface area contributed by atoms with Crippen molar-refractivity contribution in [3.8, 4) is 5.75 Å². The molecule has 3 nitrogen and oxygen atoms in total. The summed E-state index contributed by atoms with van der Waals surface area (Å²) < 4.78 is 6.23. The van der Waals surface area contributed by atoms with Crippen molar-refractivity contribution in [1.82, 2.24) is 4.98 Å². The van der Waals surface area contributed by atoms with Crippen molar-refractivity contribution in [2.75, 3.05) is 7.11 Å². The van der Waals surface area contributed by atoms with E-state index in [1.807, 2.05) is 18.2 Å². The molecule has 1 aromatic heterocycles. The van der Waals surface area contributed by atoms with E-state index in [1.165, 1.54) is 0 Å². The average molecular weight is 355 g/mol. The minimum absolute atomic E-state index is 0.0417. The molecule has 20 heavy (non-hydrogen) atoms. The first-order chi connectivity index (χ1) is 9.32. The summed E-state index contributed by atoms with van der Waals surface area (Å²) >= 11 is 5.15. The van der Waals surface area contributed by atoms with E-state index in [4.69, 9.17) is 10.5 Å². The first kappa shape index (κ1) is 15.5. The van der Waals surface area contributed by atoms with Gasteiger partial charge in [0, 0.05) is 15.3 Å². The van der Waals surface area contributed by atoms with Crippen molar-refractivity contribution in [3.05, 3.63) is 44.3 Å². The second-order valence-electron chi connectivity index (χ2n) is 5.69. The van der Waals surface area contributed by atoms with Gasteiger partial charge in [-0.15, -0.1) is 11.3 Å². The van der Waals surface area contributed by atoms with E-state index in [0.717, 1.165) is 26.5 Å². The van der Waals surface area contributed by atoms with Gasteiger partial charge in [0.15, 0.2) is 0 Å². The molecule has 1 unspecified atom stereocenters. The molecule has 0 saturated carbocycles. The van der Waals surface area contributed by atoms with E-state index in [-0.39, 0.29) is 11.5 Å². The molecule has 0 bridgehead atoms. The van der Waals surface area contributed by atoms with Crippen molar-refractivity contribution >= 4 is 27.3 Å². The molecule has 108 valence electrons. The van der Waals surface area contributed by atoms with Gasteiger partial charge in [0.1, 0.15) is 10.8 Å². The fourth-order valence-corrected chi connectivity index (χ4v) is 3.35. The van der Waals surface area contributed by atoms with Crippen LogP contribution in [0.25, 0.3) is 0 Å². The molecule has 0 fully saturated rings. The maximum atomic E-state index is 6.36. The lowest BCUT2D eigenvalue weighted by molar-refractivity contribution is 0.414. The third kappa shape index (κ3) is 3.22. The number of ether oxygens (including phenoxy) is 1. The zero-order valence-corrected chi connectivity index (χ0v) is 14.5. The van der Waals surface area contributed by atoms with Crippen molar-refractivity contribution in [2.45, 2.75) is 32.2 Å². The highest BCUT2D eigenvalue weighted by Gasteiger charge is 2.21. The van der Waals surface area contributed by atoms with Crippen molar-refractivity contribution < 1.29 is 4.74 Å². The van der Waals surface area contributed by atoms with Gasteiger partial charge in [0.2, 0.25) is 0 Å². The fourth-order valence-electron chi connectivity index (χ4n) is 1.80. The second kappa shape index (κ2) is 5.84. The minimum atomic E-state index is -0.249. The monoisotopic (exact) mass is 354 g/mol. The van der Waals surface area contributed by atoms with Crippen LogP contribution in [0.2, 0.25) is 0 Å². The summed E-state index contributed by atoms with van der Waals surface area (Å²) in [5.74, 6) is 0.797. The Hall–Kier alpha value is -0.910. The Balaban J connectivity index is 2.36. The van der Waals surface area contributed by atoms with E-state index < -0.39 is 0 Å². The van der Waals surface area contributed by atoms with E-state index in [1.54, 1.807) is 18.4 Å². The van der Waals surface area contributed by atoms with Crippen LogP contribution in [0.15, 0.2) is 28.1 Å². The SMILES string of the molecule is COc1ccc(Br)c(C(N)c2nc(C(C)(C)C)cs2)c1. The van der Waals surface area contributed by atoms with Gasteiger partial charge in [-0.3, -0.25) is 0 Å². The molecular formula is C15H19BrN2OS. The molecule has 1 heterocycles. The molecule has 0 aliphatic heterocycles. The Morgan fingerprint density at radius 1 is 1.35 bits per heavy atom. The van der Waals surface area contributed by atoms with Gasteiger partial charge in [-0.2, -0.15) is 0 Å². The number of nitrogens with two attached hydrogens (primary N) is 1. The van der Waals surface area contributed by atoms with Crippen molar-refractivity contribution in [3.63, 3.8) is 0 Å². The van der Waals surface area contributed by atoms with Gasteiger partial charge in [0.25, 0.3) is 0 Å². The standard InChI is InChI=1S/C15H19BrN2OS/c1-15(2,3)12-8-20-14(18-12)13(17)10-7-9(19-4)5-6-11(10)16/h5-8,13H,17H2,1-4H3. The molecule has 0 spiro atoms. The van der Waals surface area contributed by atoms with Gasteiger partial charge in [-0.05, 0) is 23.8 Å². The molecule has 5 heteroatoms. The lowest BCUT2D eigenvalue weighted by Crippen LogP contribution is -2.15. The van der Waals surface area contributed by atoms with Gasteiger partial charge in [-0.25, -0.2) is 4.98 Å². The first-order valence-electron chi connectivity index (χ1n) is 6.38. The topological polar surface area (TPSA) is 48.1 Å². The average Bonchev–Trinajstić information content (AvgIpc) is 2.88. The molecule has 1 aromatic carbocycles. The molecule has 0 aliphatic carbocycles. The summed E-state index contributed by atoms with van der Waals surface area (Å²) in [6.45, 7) is 6.45. The van der Waals surface area contributed by atoms with Crippen LogP contribution in [0.5, 0.6) is 5.75 Å². The molecule has 0 aliphatic rings. The molecule has 0 saturated heterocycles. The van der Waals surface area contributed by atoms with Gasteiger partial charge in [-0.1, -0.05) is 36.7 Å². The maximum absolute atomic E-state index is 6.36. The lowest BCUT2D eigenvalue weighted by Gasteiger charge is -2.15. The van der Waals surface area contributed by atoms with Crippen molar-refractivity contribution in [2.24, 2.45) is 5.73 Å². The zero-order valence-electron chi connectivity index (χ0n) is 12.1. The zero-order chi connectivity index (χ0) is 14.9. The molecule has 2 rings (SSSR count). The van der Waals surface area contributed by atoms with Crippen LogP contribution < -0.4 is 10.5 Å². The number of hydrogen-bond acceptors (Lipinski definition) is 4. The van der Waals surface area contributed by atoms with Crippen molar-refractivity contribution in [1.29, 1.82) is 0 Å². The third-order valence-electron chi connectivity index (χ3n) is 3.09. The number of rotatable bonds is 3. The number of aromatic nitrogens is 1. The van der Waals surface area contributed by atoms with Gasteiger partial charge >= 0.3 is 0 Å². The number of thiazole rings is 1. The van der Waals surface area contributed by atoms with E-state index in [9.17, 15) is 0 Å². The first-order valence-corrected chi connectivity index (χ1v) is 8.05. The number of halogens is 1. The van der Waals surface area contributed by atoms with E-state index in [2.05, 4.69) is 47.1 Å². The second-order valence-corrected chi connectivity index (χ2v) is 7.43. The van der Waals surface area contributed by atoms with Crippen LogP contribution >= 0.6 is 27.3 Å². The highest BCUT2D eigenvalue weighted by molar-refractivity contribution is 9.10. The molecular weight excluding hydrogens is 336 g/mol. The maximum Gasteiger partial charge on any atom is 0.119 e. The Labute approximate surface area is 132 Å². The summed E-state index contributed by atoms with van der Waals surface area (Å²) in [4.78, 5) is 4.69. The number of benzene rings is 1. The van der Waals surface area contributed by atoms with Gasteiger partial charge in [0.05, 0.1) is 18.8 Å². The van der Waals surface area contributed by atoms with Gasteiger partial charge < -0.3 is 10.5 Å². The Kier molecular flexibility index (Phi) is 4.52. The van der Waals surface area contributed by atoms with Crippen LogP contribution in [0.4, 0.5) is 0 Å². The smallest absolute Gasteiger partial charge is 0.119 e. The van der Waals surface area contributed by atoms with Crippen LogP contribution in [-0.2, 0) is 5.41 Å². The molecule has 0 radical (unpaired) electrons. The quantitative estimate of drug-likeness (QED) is 0.895. The number of hydrogen-bond donors (Lipinski definition) is 1. The number of nitrogens with zero attached hydrogens (tertiary/aromatic N) is 1. The Morgan fingerprint density at radius 2 is 2.05 bits per heavy atom. The predicted molar refractivity (Wildman–Crippen MR) is 87.5 cm³/mol. The lowest BCUT2D eigenvalue weighted by atomic mass is 9.93. The normalized spacial score (nSPS) is 13.3. The molecule has 2 N–H and O–H groups in total. The van der Waals surface area contributed by atoms with E-state index in [0.29, 0.717) is 0 Å². The molecule has 1 atom stereocenters. The highest BCUT2D eigenvalue weighted by atomic mass is 79.9. The Morgan fingerprint density at radius 3 is 2.60 bits per heavy atom. The summed E-state index contributed by atoms with van der Waals surface area (Å²) in [5.41, 5.74) is 8.46. The summed E-state index contributed by atoms with van der Waals surface area (Å²) in [5, 5.41) is 3.01. The highest BCUT2D eigenvalue weighted by Crippen LogP contribution is 2.33.